The molecule has 0 bridgehead atoms. The highest BCUT2D eigenvalue weighted by Crippen LogP contribution is 2.34. The summed E-state index contributed by atoms with van der Waals surface area (Å²) in [5.41, 5.74) is 9.97. The molecule has 0 atom stereocenters. The number of nitrogens with one attached hydrogen (secondary N) is 1. The summed E-state index contributed by atoms with van der Waals surface area (Å²) in [4.78, 5) is 13.0. The highest BCUT2D eigenvalue weighted by molar-refractivity contribution is 6.31. The van der Waals surface area contributed by atoms with Gasteiger partial charge in [0.1, 0.15) is 17.5 Å². The third-order valence-electron chi connectivity index (χ3n) is 4.31. The van der Waals surface area contributed by atoms with Crippen LogP contribution in [0.2, 0.25) is 5.02 Å². The van der Waals surface area contributed by atoms with E-state index < -0.39 is 0 Å². The Hall–Kier alpha value is -3.38. The van der Waals surface area contributed by atoms with Crippen LogP contribution in [0.15, 0.2) is 54.9 Å². The number of halogens is 1. The molecule has 0 aliphatic carbocycles. The first-order valence-corrected chi connectivity index (χ1v) is 9.07. The van der Waals surface area contributed by atoms with Gasteiger partial charge in [0.25, 0.3) is 0 Å². The van der Waals surface area contributed by atoms with Gasteiger partial charge in [-0.15, -0.1) is 0 Å². The average molecular weight is 392 g/mol. The van der Waals surface area contributed by atoms with Gasteiger partial charge in [-0.1, -0.05) is 35.9 Å². The number of anilines is 3. The quantitative estimate of drug-likeness (QED) is 0.483. The molecular weight excluding hydrogens is 374 g/mol. The minimum absolute atomic E-state index is 0.256. The molecule has 140 valence electrons. The maximum absolute atomic E-state index is 6.26. The number of pyridine rings is 1. The largest absolute Gasteiger partial charge is 0.435 e. The zero-order valence-electron chi connectivity index (χ0n) is 15.4. The van der Waals surface area contributed by atoms with Crippen molar-refractivity contribution in [1.82, 2.24) is 15.0 Å². The lowest BCUT2D eigenvalue weighted by Crippen LogP contribution is -2.03. The molecule has 0 radical (unpaired) electrons. The van der Waals surface area contributed by atoms with Gasteiger partial charge in [-0.3, -0.25) is 0 Å². The Morgan fingerprint density at radius 3 is 2.71 bits per heavy atom. The van der Waals surface area contributed by atoms with Gasteiger partial charge in [-0.05, 0) is 43.7 Å². The lowest BCUT2D eigenvalue weighted by atomic mass is 10.2. The number of ether oxygens (including phenoxy) is 1. The molecule has 0 saturated carbocycles. The molecule has 0 aliphatic heterocycles. The molecule has 2 aromatic heterocycles. The minimum Gasteiger partial charge on any atom is -0.435 e. The van der Waals surface area contributed by atoms with E-state index >= 15 is 0 Å². The molecule has 0 unspecified atom stereocenters. The second-order valence-electron chi connectivity index (χ2n) is 6.41. The molecule has 0 saturated heterocycles. The third-order valence-corrected chi connectivity index (χ3v) is 4.72. The Bertz CT molecular complexity index is 1180. The van der Waals surface area contributed by atoms with E-state index in [4.69, 9.17) is 22.1 Å². The van der Waals surface area contributed by atoms with E-state index in [1.54, 1.807) is 0 Å². The fraction of sp³-hybridized carbons (Fsp3) is 0.0952. The topological polar surface area (TPSA) is 86.0 Å². The summed E-state index contributed by atoms with van der Waals surface area (Å²) in [6, 6.07) is 15.3. The summed E-state index contributed by atoms with van der Waals surface area (Å²) >= 11 is 6.19. The van der Waals surface area contributed by atoms with Crippen LogP contribution in [0, 0.1) is 13.8 Å². The summed E-state index contributed by atoms with van der Waals surface area (Å²) in [5, 5.41) is 4.79. The second kappa shape index (κ2) is 7.32. The lowest BCUT2D eigenvalue weighted by molar-refractivity contribution is 0.469. The number of hydrogen-bond acceptors (Lipinski definition) is 6. The van der Waals surface area contributed by atoms with Crippen molar-refractivity contribution >= 4 is 39.7 Å². The van der Waals surface area contributed by atoms with Crippen LogP contribution in [-0.4, -0.2) is 15.0 Å². The van der Waals surface area contributed by atoms with Crippen LogP contribution in [0.1, 0.15) is 11.3 Å². The first kappa shape index (κ1) is 18.0. The van der Waals surface area contributed by atoms with Crippen LogP contribution in [0.25, 0.3) is 10.9 Å². The van der Waals surface area contributed by atoms with Gasteiger partial charge in [0, 0.05) is 21.8 Å². The molecule has 7 heteroatoms. The Morgan fingerprint density at radius 1 is 1.04 bits per heavy atom. The van der Waals surface area contributed by atoms with E-state index in [1.165, 1.54) is 6.33 Å². The molecule has 28 heavy (non-hydrogen) atoms. The molecular formula is C21H18ClN5O. The highest BCUT2D eigenvalue weighted by atomic mass is 35.5. The van der Waals surface area contributed by atoms with Gasteiger partial charge in [-0.25, -0.2) is 9.97 Å². The van der Waals surface area contributed by atoms with Crippen LogP contribution in [0.3, 0.4) is 0 Å². The van der Waals surface area contributed by atoms with Crippen LogP contribution in [-0.2, 0) is 0 Å². The molecule has 4 rings (SSSR count). The van der Waals surface area contributed by atoms with Crippen LogP contribution in [0.5, 0.6) is 11.6 Å². The number of rotatable bonds is 4. The van der Waals surface area contributed by atoms with Crippen LogP contribution < -0.4 is 15.8 Å². The number of fused-ring (bicyclic) bond motifs is 1. The van der Waals surface area contributed by atoms with E-state index in [2.05, 4.69) is 20.3 Å². The first-order chi connectivity index (χ1) is 13.5. The van der Waals surface area contributed by atoms with Gasteiger partial charge in [0.05, 0.1) is 0 Å². The number of aromatic nitrogens is 3. The fourth-order valence-corrected chi connectivity index (χ4v) is 2.95. The van der Waals surface area contributed by atoms with Crippen molar-refractivity contribution in [3.05, 3.63) is 71.1 Å². The van der Waals surface area contributed by atoms with E-state index in [0.717, 1.165) is 27.8 Å². The summed E-state index contributed by atoms with van der Waals surface area (Å²) < 4.78 is 5.99. The van der Waals surface area contributed by atoms with E-state index in [0.29, 0.717) is 22.3 Å². The van der Waals surface area contributed by atoms with Gasteiger partial charge in [0.2, 0.25) is 5.88 Å². The van der Waals surface area contributed by atoms with Crippen molar-refractivity contribution in [3.63, 3.8) is 0 Å². The summed E-state index contributed by atoms with van der Waals surface area (Å²) in [5.74, 6) is 1.27. The molecule has 0 aliphatic rings. The Morgan fingerprint density at radius 2 is 1.89 bits per heavy atom. The number of nitrogen functional groups attached to an aromatic ring is 1. The first-order valence-electron chi connectivity index (χ1n) is 8.69. The summed E-state index contributed by atoms with van der Waals surface area (Å²) in [6.45, 7) is 3.88. The van der Waals surface area contributed by atoms with Gasteiger partial charge in [0.15, 0.2) is 11.6 Å². The SMILES string of the molecule is Cc1ccc2cccc(Oc3ncnc(Nc4ccc(C)c(Cl)c4)c3N)c2n1. The van der Waals surface area contributed by atoms with E-state index in [-0.39, 0.29) is 5.88 Å². The molecule has 0 fully saturated rings. The summed E-state index contributed by atoms with van der Waals surface area (Å²) in [7, 11) is 0. The number of para-hydroxylation sites is 1. The fourth-order valence-electron chi connectivity index (χ4n) is 2.77. The van der Waals surface area contributed by atoms with Crippen molar-refractivity contribution in [2.45, 2.75) is 13.8 Å². The number of nitrogens with zero attached hydrogens (tertiary/aromatic N) is 3. The third kappa shape index (κ3) is 3.54. The maximum Gasteiger partial charge on any atom is 0.248 e. The minimum atomic E-state index is 0.256. The van der Waals surface area contributed by atoms with Crippen LogP contribution in [0.4, 0.5) is 17.2 Å². The number of benzene rings is 2. The van der Waals surface area contributed by atoms with Gasteiger partial charge in [-0.2, -0.15) is 4.98 Å². The molecule has 0 spiro atoms. The maximum atomic E-state index is 6.26. The van der Waals surface area contributed by atoms with Crippen molar-refractivity contribution in [2.75, 3.05) is 11.1 Å². The van der Waals surface area contributed by atoms with Crippen LogP contribution >= 0.6 is 11.6 Å². The van der Waals surface area contributed by atoms with E-state index in [9.17, 15) is 0 Å². The van der Waals surface area contributed by atoms with Crippen molar-refractivity contribution in [2.24, 2.45) is 0 Å². The van der Waals surface area contributed by atoms with E-state index in [1.807, 2.05) is 62.4 Å². The molecule has 0 amide bonds. The molecule has 2 heterocycles. The second-order valence-corrected chi connectivity index (χ2v) is 6.82. The predicted molar refractivity (Wildman–Crippen MR) is 112 cm³/mol. The summed E-state index contributed by atoms with van der Waals surface area (Å²) in [6.07, 6.45) is 1.40. The number of hydrogen-bond donors (Lipinski definition) is 2. The zero-order valence-corrected chi connectivity index (χ0v) is 16.2. The molecule has 4 aromatic rings. The number of aryl methyl sites for hydroxylation is 2. The lowest BCUT2D eigenvalue weighted by Gasteiger charge is -2.13. The standard InChI is InChI=1S/C21H18ClN5O/c1-12-6-9-15(10-16(12)22)27-20-18(23)21(25-11-24-20)28-17-5-3-4-14-8-7-13(2)26-19(14)17/h3-11H,23H2,1-2H3,(H,24,25,27). The van der Waals surface area contributed by atoms with Crippen molar-refractivity contribution in [1.29, 1.82) is 0 Å². The highest BCUT2D eigenvalue weighted by Gasteiger charge is 2.13. The molecule has 3 N–H and O–H groups in total. The zero-order chi connectivity index (χ0) is 19.7. The smallest absolute Gasteiger partial charge is 0.248 e. The Kier molecular flexibility index (Phi) is 4.71. The molecule has 2 aromatic carbocycles. The molecule has 6 nitrogen and oxygen atoms in total. The Balaban J connectivity index is 1.67. The van der Waals surface area contributed by atoms with Gasteiger partial charge >= 0.3 is 0 Å². The monoisotopic (exact) mass is 391 g/mol. The Labute approximate surface area is 167 Å². The van der Waals surface area contributed by atoms with Crippen molar-refractivity contribution < 1.29 is 4.74 Å². The van der Waals surface area contributed by atoms with Gasteiger partial charge < -0.3 is 15.8 Å². The number of nitrogens with two attached hydrogens (primary N) is 1. The average Bonchev–Trinajstić information content (AvgIpc) is 2.68. The predicted octanol–water partition coefficient (Wildman–Crippen LogP) is 5.41. The van der Waals surface area contributed by atoms with Crippen molar-refractivity contribution in [3.8, 4) is 11.6 Å². The normalized spacial score (nSPS) is 10.8.